The fraction of sp³-hybridized carbons (Fsp3) is 0.636. The van der Waals surface area contributed by atoms with E-state index >= 15 is 0 Å². The summed E-state index contributed by atoms with van der Waals surface area (Å²) < 4.78 is 0. The lowest BCUT2D eigenvalue weighted by Gasteiger charge is -2.23. The Labute approximate surface area is 91.7 Å². The molecule has 0 saturated heterocycles. The molecule has 0 amide bonds. The van der Waals surface area contributed by atoms with Gasteiger partial charge in [-0.2, -0.15) is 4.98 Å². The number of aromatic nitrogens is 2. The molecule has 4 nitrogen and oxygen atoms in total. The van der Waals surface area contributed by atoms with Crippen molar-refractivity contribution in [2.75, 3.05) is 30.4 Å². The summed E-state index contributed by atoms with van der Waals surface area (Å²) in [6, 6.07) is 0. The molecule has 0 radical (unpaired) electrons. The molecule has 0 aliphatic carbocycles. The quantitative estimate of drug-likeness (QED) is 0.804. The normalized spacial score (nSPS) is 10.1. The van der Waals surface area contributed by atoms with Crippen LogP contribution in [0.3, 0.4) is 0 Å². The van der Waals surface area contributed by atoms with E-state index in [0.717, 1.165) is 30.9 Å². The van der Waals surface area contributed by atoms with Crippen LogP contribution < -0.4 is 10.2 Å². The van der Waals surface area contributed by atoms with Crippen molar-refractivity contribution in [3.63, 3.8) is 0 Å². The van der Waals surface area contributed by atoms with Gasteiger partial charge in [-0.05, 0) is 20.3 Å². The minimum Gasteiger partial charge on any atom is -0.357 e. The van der Waals surface area contributed by atoms with Crippen molar-refractivity contribution < 1.29 is 0 Å². The van der Waals surface area contributed by atoms with E-state index in [1.165, 1.54) is 0 Å². The fourth-order valence-corrected chi connectivity index (χ4v) is 1.56. The molecule has 1 N–H and O–H groups in total. The summed E-state index contributed by atoms with van der Waals surface area (Å²) >= 11 is 0. The lowest BCUT2D eigenvalue weighted by molar-refractivity contribution is 0.773. The highest BCUT2D eigenvalue weighted by molar-refractivity contribution is 5.48. The highest BCUT2D eigenvalue weighted by atomic mass is 15.2. The number of aryl methyl sites for hydroxylation is 1. The van der Waals surface area contributed by atoms with Gasteiger partial charge in [-0.25, -0.2) is 4.98 Å². The third kappa shape index (κ3) is 2.81. The second kappa shape index (κ2) is 5.53. The maximum absolute atomic E-state index is 4.48. The van der Waals surface area contributed by atoms with E-state index in [0.29, 0.717) is 5.95 Å². The summed E-state index contributed by atoms with van der Waals surface area (Å²) in [6.07, 6.45) is 3.00. The fourth-order valence-electron chi connectivity index (χ4n) is 1.56. The van der Waals surface area contributed by atoms with Gasteiger partial charge in [0.2, 0.25) is 5.95 Å². The van der Waals surface area contributed by atoms with Crippen molar-refractivity contribution in [2.45, 2.75) is 27.2 Å². The van der Waals surface area contributed by atoms with Gasteiger partial charge in [-0.15, -0.1) is 0 Å². The average molecular weight is 208 g/mol. The van der Waals surface area contributed by atoms with Crippen molar-refractivity contribution in [3.05, 3.63) is 11.8 Å². The highest BCUT2D eigenvalue weighted by Crippen LogP contribution is 2.17. The first-order valence-corrected chi connectivity index (χ1v) is 5.49. The van der Waals surface area contributed by atoms with Crippen LogP contribution >= 0.6 is 0 Å². The molecular weight excluding hydrogens is 188 g/mol. The molecule has 15 heavy (non-hydrogen) atoms. The molecule has 0 aliphatic heterocycles. The Kier molecular flexibility index (Phi) is 4.34. The minimum atomic E-state index is 0.685. The molecule has 0 bridgehead atoms. The van der Waals surface area contributed by atoms with Crippen LogP contribution in [-0.2, 0) is 0 Å². The maximum atomic E-state index is 4.48. The van der Waals surface area contributed by atoms with Crippen molar-refractivity contribution in [3.8, 4) is 0 Å². The van der Waals surface area contributed by atoms with Crippen molar-refractivity contribution in [1.29, 1.82) is 0 Å². The van der Waals surface area contributed by atoms with Crippen LogP contribution in [0, 0.1) is 6.92 Å². The molecule has 1 rings (SSSR count). The largest absolute Gasteiger partial charge is 0.357 e. The summed E-state index contributed by atoms with van der Waals surface area (Å²) in [5.74, 6) is 1.73. The van der Waals surface area contributed by atoms with E-state index in [4.69, 9.17) is 0 Å². The van der Waals surface area contributed by atoms with Crippen LogP contribution in [0.5, 0.6) is 0 Å². The monoisotopic (exact) mass is 208 g/mol. The summed E-state index contributed by atoms with van der Waals surface area (Å²) in [5, 5.41) is 2.97. The van der Waals surface area contributed by atoms with Gasteiger partial charge in [-0.3, -0.25) is 0 Å². The van der Waals surface area contributed by atoms with Crippen LogP contribution in [0.25, 0.3) is 0 Å². The van der Waals surface area contributed by atoms with Crippen molar-refractivity contribution in [2.24, 2.45) is 0 Å². The number of rotatable bonds is 5. The third-order valence-corrected chi connectivity index (χ3v) is 2.34. The van der Waals surface area contributed by atoms with E-state index in [1.807, 2.05) is 20.2 Å². The smallest absolute Gasteiger partial charge is 0.224 e. The van der Waals surface area contributed by atoms with Gasteiger partial charge in [0.1, 0.15) is 5.82 Å². The zero-order valence-electron chi connectivity index (χ0n) is 10.0. The Morgan fingerprint density at radius 3 is 2.67 bits per heavy atom. The summed E-state index contributed by atoms with van der Waals surface area (Å²) in [5.41, 5.74) is 1.13. The maximum Gasteiger partial charge on any atom is 0.224 e. The molecule has 1 heterocycles. The predicted octanol–water partition coefficient (Wildman–Crippen LogP) is 2.06. The lowest BCUT2D eigenvalue weighted by atomic mass is 10.3. The predicted molar refractivity (Wildman–Crippen MR) is 64.5 cm³/mol. The molecule has 0 spiro atoms. The Balaban J connectivity index is 2.98. The number of anilines is 2. The van der Waals surface area contributed by atoms with Gasteiger partial charge < -0.3 is 10.2 Å². The van der Waals surface area contributed by atoms with E-state index in [9.17, 15) is 0 Å². The lowest BCUT2D eigenvalue weighted by Crippen LogP contribution is -2.25. The Morgan fingerprint density at radius 2 is 2.13 bits per heavy atom. The molecule has 1 aromatic heterocycles. The molecule has 0 aromatic carbocycles. The van der Waals surface area contributed by atoms with Crippen molar-refractivity contribution in [1.82, 2.24) is 9.97 Å². The molecule has 0 atom stereocenters. The van der Waals surface area contributed by atoms with Gasteiger partial charge in [-0.1, -0.05) is 6.92 Å². The number of nitrogens with one attached hydrogen (secondary N) is 1. The molecule has 0 fully saturated rings. The number of nitrogens with zero attached hydrogens (tertiary/aromatic N) is 3. The Bertz CT molecular complexity index is 311. The third-order valence-electron chi connectivity index (χ3n) is 2.34. The van der Waals surface area contributed by atoms with Gasteiger partial charge in [0, 0.05) is 31.9 Å². The first-order chi connectivity index (χ1) is 7.22. The topological polar surface area (TPSA) is 41.1 Å². The molecule has 0 saturated carbocycles. The molecular formula is C11H20N4. The first-order valence-electron chi connectivity index (χ1n) is 5.49. The van der Waals surface area contributed by atoms with Crippen LogP contribution in [-0.4, -0.2) is 30.1 Å². The SMILES string of the molecule is CCCN(CC)c1nc(NC)ncc1C. The minimum absolute atomic E-state index is 0.685. The summed E-state index contributed by atoms with van der Waals surface area (Å²) in [4.78, 5) is 10.9. The molecule has 4 heteroatoms. The first kappa shape index (κ1) is 11.8. The zero-order chi connectivity index (χ0) is 11.3. The molecule has 0 aliphatic rings. The van der Waals surface area contributed by atoms with Crippen LogP contribution in [0.4, 0.5) is 11.8 Å². The van der Waals surface area contributed by atoms with Gasteiger partial charge in [0.25, 0.3) is 0 Å². The van der Waals surface area contributed by atoms with E-state index < -0.39 is 0 Å². The summed E-state index contributed by atoms with van der Waals surface area (Å²) in [6.45, 7) is 8.40. The molecule has 1 aromatic rings. The van der Waals surface area contributed by atoms with E-state index in [2.05, 4.69) is 34.0 Å². The molecule has 0 unspecified atom stereocenters. The standard InChI is InChI=1S/C11H20N4/c1-5-7-15(6-2)10-9(3)8-13-11(12-4)14-10/h8H,5-7H2,1-4H3,(H,12,13,14). The Hall–Kier alpha value is -1.32. The second-order valence-corrected chi connectivity index (χ2v) is 3.53. The van der Waals surface area contributed by atoms with Gasteiger partial charge in [0.15, 0.2) is 0 Å². The zero-order valence-corrected chi connectivity index (χ0v) is 10.0. The van der Waals surface area contributed by atoms with Gasteiger partial charge in [0.05, 0.1) is 0 Å². The van der Waals surface area contributed by atoms with Crippen LogP contribution in [0.15, 0.2) is 6.20 Å². The molecule has 84 valence electrons. The number of hydrogen-bond donors (Lipinski definition) is 1. The Morgan fingerprint density at radius 1 is 1.40 bits per heavy atom. The van der Waals surface area contributed by atoms with Crippen LogP contribution in [0.1, 0.15) is 25.8 Å². The average Bonchev–Trinajstić information content (AvgIpc) is 2.27. The number of hydrogen-bond acceptors (Lipinski definition) is 4. The highest BCUT2D eigenvalue weighted by Gasteiger charge is 2.09. The van der Waals surface area contributed by atoms with E-state index in [1.54, 1.807) is 0 Å². The van der Waals surface area contributed by atoms with Gasteiger partial charge >= 0.3 is 0 Å². The van der Waals surface area contributed by atoms with Crippen LogP contribution in [0.2, 0.25) is 0 Å². The summed E-state index contributed by atoms with van der Waals surface area (Å²) in [7, 11) is 1.84. The second-order valence-electron chi connectivity index (χ2n) is 3.53. The van der Waals surface area contributed by atoms with E-state index in [-0.39, 0.29) is 0 Å². The van der Waals surface area contributed by atoms with Crippen molar-refractivity contribution >= 4 is 11.8 Å².